The molecule has 0 aliphatic rings. The van der Waals surface area contributed by atoms with Crippen LogP contribution in [-0.4, -0.2) is 51.2 Å². The van der Waals surface area contributed by atoms with Gasteiger partial charge in [0.05, 0.1) is 26.7 Å². The van der Waals surface area contributed by atoms with Crippen molar-refractivity contribution in [2.75, 3.05) is 21.3 Å². The number of amides is 1. The molecule has 39 heavy (non-hydrogen) atoms. The molecule has 8 heteroatoms. The van der Waals surface area contributed by atoms with Crippen molar-refractivity contribution in [1.29, 1.82) is 0 Å². The van der Waals surface area contributed by atoms with Crippen molar-refractivity contribution in [3.8, 4) is 0 Å². The van der Waals surface area contributed by atoms with Crippen LogP contribution < -0.4 is 5.32 Å². The smallest absolute Gasteiger partial charge is 0.328 e. The second kappa shape index (κ2) is 13.4. The predicted octanol–water partition coefficient (Wildman–Crippen LogP) is 3.67. The van der Waals surface area contributed by atoms with Crippen LogP contribution in [0.15, 0.2) is 91.0 Å². The van der Waals surface area contributed by atoms with Gasteiger partial charge >= 0.3 is 17.9 Å². The summed E-state index contributed by atoms with van der Waals surface area (Å²) in [6.45, 7) is 1.49. The molecule has 0 saturated heterocycles. The summed E-state index contributed by atoms with van der Waals surface area (Å²) in [7, 11) is 3.43. The predicted molar refractivity (Wildman–Crippen MR) is 144 cm³/mol. The average molecular weight is 532 g/mol. The van der Waals surface area contributed by atoms with Crippen LogP contribution in [-0.2, 0) is 38.8 Å². The van der Waals surface area contributed by atoms with E-state index in [4.69, 9.17) is 14.2 Å². The summed E-state index contributed by atoms with van der Waals surface area (Å²) in [4.78, 5) is 51.6. The Kier molecular flexibility index (Phi) is 9.98. The van der Waals surface area contributed by atoms with Crippen molar-refractivity contribution in [2.24, 2.45) is 11.8 Å². The van der Waals surface area contributed by atoms with E-state index in [9.17, 15) is 19.2 Å². The second-order valence-electron chi connectivity index (χ2n) is 9.13. The Morgan fingerprint density at radius 3 is 1.33 bits per heavy atom. The Morgan fingerprint density at radius 1 is 0.641 bits per heavy atom. The number of benzene rings is 3. The highest BCUT2D eigenvalue weighted by Gasteiger charge is 2.44. The van der Waals surface area contributed by atoms with Crippen molar-refractivity contribution in [1.82, 2.24) is 5.32 Å². The summed E-state index contributed by atoms with van der Waals surface area (Å²) in [6.07, 6.45) is -0.0770. The molecule has 1 amide bonds. The highest BCUT2D eigenvalue weighted by Crippen LogP contribution is 2.42. The summed E-state index contributed by atoms with van der Waals surface area (Å²) in [6, 6.07) is 27.6. The van der Waals surface area contributed by atoms with Gasteiger partial charge in [0.25, 0.3) is 0 Å². The lowest BCUT2D eigenvalue weighted by molar-refractivity contribution is -0.163. The Hall–Kier alpha value is -4.46. The van der Waals surface area contributed by atoms with E-state index >= 15 is 0 Å². The lowest BCUT2D eigenvalue weighted by Gasteiger charge is -2.36. The normalized spacial score (nSPS) is 12.6. The fourth-order valence-electron chi connectivity index (χ4n) is 4.94. The van der Waals surface area contributed by atoms with Crippen molar-refractivity contribution in [2.45, 2.75) is 24.8 Å². The zero-order chi connectivity index (χ0) is 28.4. The molecule has 3 rings (SSSR count). The first-order valence-corrected chi connectivity index (χ1v) is 12.5. The molecular weight excluding hydrogens is 498 g/mol. The number of carbonyl (C=O) groups is 4. The third kappa shape index (κ3) is 6.34. The van der Waals surface area contributed by atoms with Crippen molar-refractivity contribution in [3.63, 3.8) is 0 Å². The van der Waals surface area contributed by atoms with Crippen LogP contribution in [0.1, 0.15) is 30.0 Å². The largest absolute Gasteiger partial charge is 0.468 e. The molecular formula is C31H33NO7. The van der Waals surface area contributed by atoms with Gasteiger partial charge in [0.2, 0.25) is 5.91 Å². The first kappa shape index (κ1) is 29.1. The molecule has 0 saturated carbocycles. The first-order valence-electron chi connectivity index (χ1n) is 12.5. The van der Waals surface area contributed by atoms with E-state index in [0.29, 0.717) is 0 Å². The molecule has 3 aromatic rings. The molecule has 0 aliphatic carbocycles. The van der Waals surface area contributed by atoms with Crippen molar-refractivity contribution in [3.05, 3.63) is 108 Å². The zero-order valence-electron chi connectivity index (χ0n) is 22.5. The third-order valence-electron chi connectivity index (χ3n) is 6.96. The summed E-state index contributed by atoms with van der Waals surface area (Å²) in [5.41, 5.74) is 1.72. The van der Waals surface area contributed by atoms with Crippen LogP contribution in [0.3, 0.4) is 0 Å². The Labute approximate surface area is 228 Å². The van der Waals surface area contributed by atoms with Crippen LogP contribution in [0.2, 0.25) is 0 Å². The van der Waals surface area contributed by atoms with Crippen LogP contribution in [0.4, 0.5) is 0 Å². The minimum Gasteiger partial charge on any atom is -0.468 e. The number of hydrogen-bond acceptors (Lipinski definition) is 7. The van der Waals surface area contributed by atoms with E-state index in [1.165, 1.54) is 14.0 Å². The summed E-state index contributed by atoms with van der Waals surface area (Å²) in [5, 5.41) is 2.74. The summed E-state index contributed by atoms with van der Waals surface area (Å²) >= 11 is 0. The first-order chi connectivity index (χ1) is 18.8. The maximum absolute atomic E-state index is 13.9. The average Bonchev–Trinajstić information content (AvgIpc) is 2.99. The number of hydrogen-bond donors (Lipinski definition) is 1. The SMILES string of the molecule is COC(=O)C(C(=O)OC)[C@@H](C)[C@H](NC(=O)CC(c1ccccc1)(c1ccccc1)c1ccccc1)C(=O)OC. The standard InChI is InChI=1S/C31H33NO7/c1-21(26(28(34)37-2)29(35)38-3)27(30(36)39-4)32-25(33)20-31(22-14-8-5-9-15-22,23-16-10-6-11-17-23)24-18-12-7-13-19-24/h5-19,21,26-27H,20H2,1-4H3,(H,32,33)/t21-,27+/m1/s1. The van der Waals surface area contributed by atoms with E-state index in [2.05, 4.69) is 5.32 Å². The lowest BCUT2D eigenvalue weighted by Crippen LogP contribution is -2.52. The van der Waals surface area contributed by atoms with Gasteiger partial charge in [0.15, 0.2) is 5.92 Å². The van der Waals surface area contributed by atoms with E-state index in [0.717, 1.165) is 30.9 Å². The molecule has 0 heterocycles. The minimum absolute atomic E-state index is 0.0770. The highest BCUT2D eigenvalue weighted by atomic mass is 16.5. The minimum atomic E-state index is -1.45. The van der Waals surface area contributed by atoms with Gasteiger partial charge in [-0.15, -0.1) is 0 Å². The maximum Gasteiger partial charge on any atom is 0.328 e. The number of rotatable bonds is 11. The Morgan fingerprint density at radius 2 is 1.00 bits per heavy atom. The number of methoxy groups -OCH3 is 3. The monoisotopic (exact) mass is 531 g/mol. The van der Waals surface area contributed by atoms with Crippen LogP contribution in [0.5, 0.6) is 0 Å². The molecule has 204 valence electrons. The fraction of sp³-hybridized carbons (Fsp3) is 0.290. The van der Waals surface area contributed by atoms with E-state index in [-0.39, 0.29) is 6.42 Å². The Bertz CT molecular complexity index is 1150. The van der Waals surface area contributed by atoms with Crippen molar-refractivity contribution >= 4 is 23.8 Å². The highest BCUT2D eigenvalue weighted by molar-refractivity contribution is 5.96. The third-order valence-corrected chi connectivity index (χ3v) is 6.96. The molecule has 1 N–H and O–H groups in total. The van der Waals surface area contributed by atoms with E-state index in [1.54, 1.807) is 0 Å². The van der Waals surface area contributed by atoms with Gasteiger partial charge in [-0.1, -0.05) is 97.9 Å². The molecule has 0 fully saturated rings. The fourth-order valence-corrected chi connectivity index (χ4v) is 4.94. The molecule has 2 atom stereocenters. The van der Waals surface area contributed by atoms with Crippen LogP contribution in [0, 0.1) is 11.8 Å². The molecule has 8 nitrogen and oxygen atoms in total. The quantitative estimate of drug-likeness (QED) is 0.174. The van der Waals surface area contributed by atoms with Gasteiger partial charge in [0.1, 0.15) is 6.04 Å². The van der Waals surface area contributed by atoms with Crippen molar-refractivity contribution < 1.29 is 33.4 Å². The molecule has 0 bridgehead atoms. The van der Waals surface area contributed by atoms with E-state index < -0.39 is 47.1 Å². The topological polar surface area (TPSA) is 108 Å². The molecule has 0 unspecified atom stereocenters. The Balaban J connectivity index is 2.09. The van der Waals surface area contributed by atoms with Gasteiger partial charge in [0, 0.05) is 12.3 Å². The van der Waals surface area contributed by atoms with Gasteiger partial charge in [-0.05, 0) is 16.7 Å². The molecule has 0 spiro atoms. The number of carbonyl (C=O) groups excluding carboxylic acids is 4. The number of nitrogens with one attached hydrogen (secondary N) is 1. The lowest BCUT2D eigenvalue weighted by atomic mass is 9.67. The van der Waals surface area contributed by atoms with Gasteiger partial charge in [-0.25, -0.2) is 4.79 Å². The number of ether oxygens (including phenoxy) is 3. The number of esters is 3. The van der Waals surface area contributed by atoms with Crippen LogP contribution in [0.25, 0.3) is 0 Å². The van der Waals surface area contributed by atoms with Gasteiger partial charge in [-0.2, -0.15) is 0 Å². The molecule has 0 aromatic heterocycles. The van der Waals surface area contributed by atoms with Gasteiger partial charge < -0.3 is 19.5 Å². The molecule has 0 radical (unpaired) electrons. The second-order valence-corrected chi connectivity index (χ2v) is 9.13. The summed E-state index contributed by atoms with van der Waals surface area (Å²) in [5.74, 6) is -5.54. The molecule has 0 aliphatic heterocycles. The van der Waals surface area contributed by atoms with Crippen LogP contribution >= 0.6 is 0 Å². The van der Waals surface area contributed by atoms with E-state index in [1.807, 2.05) is 91.0 Å². The maximum atomic E-state index is 13.9. The summed E-state index contributed by atoms with van der Waals surface area (Å²) < 4.78 is 14.5. The molecule has 3 aromatic carbocycles. The zero-order valence-corrected chi connectivity index (χ0v) is 22.5. The van der Waals surface area contributed by atoms with Gasteiger partial charge in [-0.3, -0.25) is 14.4 Å².